The van der Waals surface area contributed by atoms with Gasteiger partial charge in [0.25, 0.3) is 0 Å². The van der Waals surface area contributed by atoms with Crippen molar-refractivity contribution in [2.75, 3.05) is 18.8 Å². The Morgan fingerprint density at radius 1 is 1.47 bits per heavy atom. The van der Waals surface area contributed by atoms with Crippen molar-refractivity contribution in [2.24, 2.45) is 0 Å². The summed E-state index contributed by atoms with van der Waals surface area (Å²) in [5.74, 6) is 0.267. The number of nitrogens with one attached hydrogen (secondary N) is 1. The molecule has 2 heterocycles. The molecule has 0 amide bonds. The van der Waals surface area contributed by atoms with Crippen molar-refractivity contribution >= 4 is 9.84 Å². The molecule has 1 saturated heterocycles. The summed E-state index contributed by atoms with van der Waals surface area (Å²) in [7, 11) is -2.93. The van der Waals surface area contributed by atoms with Crippen molar-refractivity contribution in [3.63, 3.8) is 0 Å². The molecule has 2 aliphatic heterocycles. The van der Waals surface area contributed by atoms with Gasteiger partial charge in [-0.3, -0.25) is 4.90 Å². The molecule has 98 valence electrons. The van der Waals surface area contributed by atoms with E-state index in [9.17, 15) is 8.42 Å². The topological polar surface area (TPSA) is 49.4 Å². The Balaban J connectivity index is 1.94. The third kappa shape index (κ3) is 3.09. The van der Waals surface area contributed by atoms with Gasteiger partial charge in [0.15, 0.2) is 9.84 Å². The normalized spacial score (nSPS) is 37.4. The summed E-state index contributed by atoms with van der Waals surface area (Å²) in [5.41, 5.74) is 0. The lowest BCUT2D eigenvalue weighted by atomic mass is 9.96. The lowest BCUT2D eigenvalue weighted by Gasteiger charge is -2.40. The van der Waals surface area contributed by atoms with Crippen molar-refractivity contribution in [3.8, 4) is 0 Å². The minimum Gasteiger partial charge on any atom is -0.314 e. The zero-order valence-corrected chi connectivity index (χ0v) is 11.4. The minimum atomic E-state index is -2.93. The average Bonchev–Trinajstić information content (AvgIpc) is 2.59. The highest BCUT2D eigenvalue weighted by Gasteiger charge is 2.33. The summed E-state index contributed by atoms with van der Waals surface area (Å²) >= 11 is 0. The molecule has 0 spiro atoms. The van der Waals surface area contributed by atoms with Gasteiger partial charge in [-0.25, -0.2) is 8.42 Å². The van der Waals surface area contributed by atoms with Crippen LogP contribution in [0, 0.1) is 0 Å². The fraction of sp³-hybridized carbons (Fsp3) is 0.833. The van der Waals surface area contributed by atoms with E-state index >= 15 is 0 Å². The minimum absolute atomic E-state index is 0.0950. The Labute approximate surface area is 104 Å². The molecule has 0 aromatic carbocycles. The van der Waals surface area contributed by atoms with Gasteiger partial charge in [-0.05, 0) is 26.3 Å². The second kappa shape index (κ2) is 5.08. The van der Waals surface area contributed by atoms with Crippen molar-refractivity contribution in [1.82, 2.24) is 10.2 Å². The number of rotatable bonds is 3. The van der Waals surface area contributed by atoms with Crippen LogP contribution in [-0.2, 0) is 9.84 Å². The lowest BCUT2D eigenvalue weighted by molar-refractivity contribution is 0.118. The highest BCUT2D eigenvalue weighted by atomic mass is 32.2. The van der Waals surface area contributed by atoms with Crippen LogP contribution in [0.5, 0.6) is 0 Å². The average molecular weight is 258 g/mol. The number of sulfone groups is 1. The summed E-state index contributed by atoms with van der Waals surface area (Å²) in [6.07, 6.45) is 4.07. The molecule has 4 nitrogen and oxygen atoms in total. The second-order valence-corrected chi connectivity index (χ2v) is 7.02. The smallest absolute Gasteiger partial charge is 0.173 e. The van der Waals surface area contributed by atoms with Crippen LogP contribution in [0.3, 0.4) is 0 Å². The number of likely N-dealkylation sites (tertiary alicyclic amines) is 1. The first kappa shape index (κ1) is 13.1. The van der Waals surface area contributed by atoms with Crippen molar-refractivity contribution in [2.45, 2.75) is 44.8 Å². The molecule has 1 fully saturated rings. The van der Waals surface area contributed by atoms with E-state index in [0.717, 1.165) is 25.9 Å². The summed E-state index contributed by atoms with van der Waals surface area (Å²) in [5, 5.41) is 4.86. The molecule has 2 rings (SSSR count). The standard InChI is InChI=1S/C12H22N2O2S/c1-3-13-11-4-6-14(10(2)8-11)12-5-7-17(15,16)9-12/h5,7,10-13H,3-4,6,8-9H2,1-2H3. The molecule has 0 aromatic heterocycles. The Morgan fingerprint density at radius 2 is 2.24 bits per heavy atom. The van der Waals surface area contributed by atoms with Crippen molar-refractivity contribution in [3.05, 3.63) is 11.5 Å². The van der Waals surface area contributed by atoms with Crippen LogP contribution in [0.25, 0.3) is 0 Å². The van der Waals surface area contributed by atoms with Gasteiger partial charge in [0.2, 0.25) is 0 Å². The first-order valence-electron chi connectivity index (χ1n) is 6.42. The second-order valence-electron chi connectivity index (χ2n) is 5.09. The Morgan fingerprint density at radius 3 is 2.76 bits per heavy atom. The molecule has 2 aliphatic rings. The zero-order valence-electron chi connectivity index (χ0n) is 10.6. The summed E-state index contributed by atoms with van der Waals surface area (Å²) in [6, 6.07) is 1.14. The predicted octanol–water partition coefficient (Wildman–Crippen LogP) is 0.760. The third-order valence-electron chi connectivity index (χ3n) is 3.76. The van der Waals surface area contributed by atoms with E-state index in [1.165, 1.54) is 5.41 Å². The number of piperidine rings is 1. The van der Waals surface area contributed by atoms with Gasteiger partial charge in [0.05, 0.1) is 5.75 Å². The van der Waals surface area contributed by atoms with Gasteiger partial charge in [0, 0.05) is 30.1 Å². The van der Waals surface area contributed by atoms with Gasteiger partial charge in [-0.1, -0.05) is 13.0 Å². The van der Waals surface area contributed by atoms with Crippen LogP contribution in [0.4, 0.5) is 0 Å². The van der Waals surface area contributed by atoms with Crippen LogP contribution in [0.2, 0.25) is 0 Å². The molecule has 0 saturated carbocycles. The molecule has 1 N–H and O–H groups in total. The van der Waals surface area contributed by atoms with E-state index in [1.807, 2.05) is 6.08 Å². The maximum absolute atomic E-state index is 11.4. The first-order valence-corrected chi connectivity index (χ1v) is 8.13. The molecule has 17 heavy (non-hydrogen) atoms. The van der Waals surface area contributed by atoms with Gasteiger partial charge in [-0.15, -0.1) is 0 Å². The number of hydrogen-bond donors (Lipinski definition) is 1. The number of nitrogens with zero attached hydrogens (tertiary/aromatic N) is 1. The number of hydrogen-bond acceptors (Lipinski definition) is 4. The highest BCUT2D eigenvalue weighted by molar-refractivity contribution is 7.94. The third-order valence-corrected chi connectivity index (χ3v) is 5.14. The Hall–Kier alpha value is -0.390. The zero-order chi connectivity index (χ0) is 12.5. The maximum Gasteiger partial charge on any atom is 0.173 e. The van der Waals surface area contributed by atoms with E-state index < -0.39 is 9.84 Å². The van der Waals surface area contributed by atoms with Crippen LogP contribution < -0.4 is 5.32 Å². The first-order chi connectivity index (χ1) is 8.02. The summed E-state index contributed by atoms with van der Waals surface area (Å²) < 4.78 is 22.9. The molecular weight excluding hydrogens is 236 g/mol. The van der Waals surface area contributed by atoms with Gasteiger partial charge in [0.1, 0.15) is 0 Å². The van der Waals surface area contributed by atoms with Crippen molar-refractivity contribution in [1.29, 1.82) is 0 Å². The van der Waals surface area contributed by atoms with E-state index in [4.69, 9.17) is 0 Å². The lowest BCUT2D eigenvalue weighted by Crippen LogP contribution is -2.51. The summed E-state index contributed by atoms with van der Waals surface area (Å²) in [6.45, 7) is 6.32. The fourth-order valence-electron chi connectivity index (χ4n) is 2.92. The van der Waals surface area contributed by atoms with E-state index in [1.54, 1.807) is 0 Å². The van der Waals surface area contributed by atoms with Crippen LogP contribution in [0.1, 0.15) is 26.7 Å². The molecule has 3 unspecified atom stereocenters. The van der Waals surface area contributed by atoms with Gasteiger partial charge < -0.3 is 5.32 Å². The maximum atomic E-state index is 11.4. The highest BCUT2D eigenvalue weighted by Crippen LogP contribution is 2.24. The SMILES string of the molecule is CCNC1CCN(C2C=CS(=O)(=O)C2)C(C)C1. The van der Waals surface area contributed by atoms with Crippen LogP contribution in [0.15, 0.2) is 11.5 Å². The Bertz CT molecular complexity index is 391. The molecular formula is C12H22N2O2S. The molecule has 0 aliphatic carbocycles. The quantitative estimate of drug-likeness (QED) is 0.812. The van der Waals surface area contributed by atoms with E-state index in [2.05, 4.69) is 24.1 Å². The Kier molecular flexibility index (Phi) is 3.90. The molecule has 0 bridgehead atoms. The monoisotopic (exact) mass is 258 g/mol. The van der Waals surface area contributed by atoms with E-state index in [-0.39, 0.29) is 11.8 Å². The molecule has 0 radical (unpaired) electrons. The van der Waals surface area contributed by atoms with Crippen LogP contribution >= 0.6 is 0 Å². The fourth-order valence-corrected chi connectivity index (χ4v) is 4.23. The van der Waals surface area contributed by atoms with Gasteiger partial charge in [-0.2, -0.15) is 0 Å². The molecule has 0 aromatic rings. The van der Waals surface area contributed by atoms with Gasteiger partial charge >= 0.3 is 0 Å². The summed E-state index contributed by atoms with van der Waals surface area (Å²) in [4.78, 5) is 2.33. The largest absolute Gasteiger partial charge is 0.314 e. The molecule has 3 atom stereocenters. The van der Waals surface area contributed by atoms with E-state index in [0.29, 0.717) is 12.1 Å². The van der Waals surface area contributed by atoms with Crippen LogP contribution in [-0.4, -0.2) is 50.3 Å². The van der Waals surface area contributed by atoms with Crippen molar-refractivity contribution < 1.29 is 8.42 Å². The predicted molar refractivity (Wildman–Crippen MR) is 69.6 cm³/mol. The molecule has 5 heteroatoms.